The van der Waals surface area contributed by atoms with Crippen LogP contribution in [-0.2, 0) is 10.0 Å². The molecule has 2 atom stereocenters. The Kier molecular flexibility index (Phi) is 5.88. The van der Waals surface area contributed by atoms with Crippen molar-refractivity contribution in [3.05, 3.63) is 10.2 Å². The van der Waals surface area contributed by atoms with Gasteiger partial charge in [-0.25, -0.2) is 18.1 Å². The lowest BCUT2D eigenvalue weighted by molar-refractivity contribution is 0.282. The smallest absolute Gasteiger partial charge is 0.252 e. The van der Waals surface area contributed by atoms with E-state index in [9.17, 15) is 8.42 Å². The molecule has 0 saturated heterocycles. The molecule has 0 aliphatic carbocycles. The molecule has 0 amide bonds. The summed E-state index contributed by atoms with van der Waals surface area (Å²) in [5, 5.41) is 8.94. The Morgan fingerprint density at radius 3 is 2.61 bits per heavy atom. The van der Waals surface area contributed by atoms with Crippen molar-refractivity contribution in [3.63, 3.8) is 0 Å². The van der Waals surface area contributed by atoms with Crippen LogP contribution in [0, 0.1) is 6.92 Å². The standard InChI is InChI=1S/C9H15ClN2O3S3/c1-5(7(4-13)16-3)12-18(14,15)8-6(2)11-9(10)17-8/h5,7,12-13H,4H2,1-3H3. The van der Waals surface area contributed by atoms with Crippen LogP contribution < -0.4 is 4.72 Å². The van der Waals surface area contributed by atoms with E-state index >= 15 is 0 Å². The van der Waals surface area contributed by atoms with E-state index < -0.39 is 10.0 Å². The minimum absolute atomic E-state index is 0.0900. The monoisotopic (exact) mass is 330 g/mol. The molecule has 1 aromatic heterocycles. The summed E-state index contributed by atoms with van der Waals surface area (Å²) in [5.74, 6) is 0. The first kappa shape index (κ1) is 16.2. The highest BCUT2D eigenvalue weighted by Crippen LogP contribution is 2.27. The van der Waals surface area contributed by atoms with Crippen LogP contribution in [0.25, 0.3) is 0 Å². The third-order valence-electron chi connectivity index (χ3n) is 2.35. The lowest BCUT2D eigenvalue weighted by Gasteiger charge is -2.20. The van der Waals surface area contributed by atoms with Crippen LogP contribution in [0.4, 0.5) is 0 Å². The van der Waals surface area contributed by atoms with E-state index in [1.165, 1.54) is 11.8 Å². The van der Waals surface area contributed by atoms with Crippen molar-refractivity contribution >= 4 is 44.7 Å². The number of nitrogens with zero attached hydrogens (tertiary/aromatic N) is 1. The highest BCUT2D eigenvalue weighted by Gasteiger charge is 2.26. The van der Waals surface area contributed by atoms with Crippen LogP contribution in [0.1, 0.15) is 12.6 Å². The second kappa shape index (κ2) is 6.53. The number of aryl methyl sites for hydroxylation is 1. The van der Waals surface area contributed by atoms with Gasteiger partial charge in [-0.1, -0.05) is 22.9 Å². The molecule has 9 heteroatoms. The molecule has 1 aromatic rings. The van der Waals surface area contributed by atoms with Crippen LogP contribution in [-0.4, -0.2) is 42.7 Å². The van der Waals surface area contributed by atoms with Crippen molar-refractivity contribution in [1.82, 2.24) is 9.71 Å². The van der Waals surface area contributed by atoms with Crippen LogP contribution in [0.3, 0.4) is 0 Å². The second-order valence-electron chi connectivity index (χ2n) is 3.71. The summed E-state index contributed by atoms with van der Waals surface area (Å²) in [6, 6.07) is -0.379. The first-order chi connectivity index (χ1) is 8.31. The molecule has 0 aliphatic rings. The SMILES string of the molecule is CSC(CO)C(C)NS(=O)(=O)c1sc(Cl)nc1C. The number of hydrogen-bond acceptors (Lipinski definition) is 6. The van der Waals surface area contributed by atoms with E-state index in [0.717, 1.165) is 11.3 Å². The molecule has 2 N–H and O–H groups in total. The van der Waals surface area contributed by atoms with Crippen molar-refractivity contribution < 1.29 is 13.5 Å². The van der Waals surface area contributed by atoms with Gasteiger partial charge in [0.05, 0.1) is 12.3 Å². The van der Waals surface area contributed by atoms with Crippen LogP contribution in [0.5, 0.6) is 0 Å². The summed E-state index contributed by atoms with van der Waals surface area (Å²) in [6.07, 6.45) is 1.82. The van der Waals surface area contributed by atoms with Gasteiger partial charge in [0.15, 0.2) is 8.68 Å². The Morgan fingerprint density at radius 1 is 1.61 bits per heavy atom. The second-order valence-corrected chi connectivity index (χ2v) is 8.27. The predicted molar refractivity (Wildman–Crippen MR) is 76.0 cm³/mol. The zero-order chi connectivity index (χ0) is 13.9. The number of thiazole rings is 1. The molecule has 5 nitrogen and oxygen atoms in total. The maximum Gasteiger partial charge on any atom is 0.252 e. The van der Waals surface area contributed by atoms with Crippen LogP contribution >= 0.6 is 34.7 Å². The Labute approximate surface area is 120 Å². The third-order valence-corrected chi connectivity index (χ3v) is 6.95. The maximum absolute atomic E-state index is 12.1. The number of thioether (sulfide) groups is 1. The van der Waals surface area contributed by atoms with E-state index in [1.807, 2.05) is 6.26 Å². The first-order valence-electron chi connectivity index (χ1n) is 5.10. The first-order valence-corrected chi connectivity index (χ1v) is 9.07. The van der Waals surface area contributed by atoms with E-state index in [2.05, 4.69) is 9.71 Å². The van der Waals surface area contributed by atoms with Crippen molar-refractivity contribution in [2.45, 2.75) is 29.3 Å². The van der Waals surface area contributed by atoms with Gasteiger partial charge in [0, 0.05) is 11.3 Å². The maximum atomic E-state index is 12.1. The van der Waals surface area contributed by atoms with E-state index in [-0.39, 0.29) is 26.6 Å². The zero-order valence-corrected chi connectivity index (χ0v) is 13.4. The zero-order valence-electron chi connectivity index (χ0n) is 10.2. The van der Waals surface area contributed by atoms with Gasteiger partial charge in [0.1, 0.15) is 0 Å². The molecular formula is C9H15ClN2O3S3. The number of aliphatic hydroxyl groups is 1. The fraction of sp³-hybridized carbons (Fsp3) is 0.667. The lowest BCUT2D eigenvalue weighted by atomic mass is 10.3. The molecule has 0 spiro atoms. The largest absolute Gasteiger partial charge is 0.395 e. The summed E-state index contributed by atoms with van der Waals surface area (Å²) < 4.78 is 27.1. The average Bonchev–Trinajstić information content (AvgIpc) is 2.59. The molecule has 1 heterocycles. The van der Waals surface area contributed by atoms with Crippen LogP contribution in [0.2, 0.25) is 4.47 Å². The summed E-state index contributed by atoms with van der Waals surface area (Å²) >= 11 is 8.03. The fourth-order valence-corrected chi connectivity index (χ4v) is 5.16. The molecule has 18 heavy (non-hydrogen) atoms. The lowest BCUT2D eigenvalue weighted by Crippen LogP contribution is -2.41. The topological polar surface area (TPSA) is 79.3 Å². The average molecular weight is 331 g/mol. The Bertz CT molecular complexity index is 499. The molecule has 0 aliphatic heterocycles. The minimum Gasteiger partial charge on any atom is -0.395 e. The molecular weight excluding hydrogens is 316 g/mol. The Balaban J connectivity index is 2.92. The quantitative estimate of drug-likeness (QED) is 0.826. The van der Waals surface area contributed by atoms with Gasteiger partial charge in [-0.2, -0.15) is 11.8 Å². The van der Waals surface area contributed by atoms with Gasteiger partial charge in [-0.15, -0.1) is 0 Å². The normalized spacial score (nSPS) is 15.6. The molecule has 0 aromatic carbocycles. The number of aromatic nitrogens is 1. The Morgan fingerprint density at radius 2 is 2.22 bits per heavy atom. The number of sulfonamides is 1. The summed E-state index contributed by atoms with van der Waals surface area (Å²) in [6.45, 7) is 3.22. The van der Waals surface area contributed by atoms with Crippen molar-refractivity contribution in [2.24, 2.45) is 0 Å². The number of halogens is 1. The van der Waals surface area contributed by atoms with Gasteiger partial charge in [-0.3, -0.25) is 0 Å². The highest BCUT2D eigenvalue weighted by atomic mass is 35.5. The molecule has 2 unspecified atom stereocenters. The van der Waals surface area contributed by atoms with Crippen molar-refractivity contribution in [3.8, 4) is 0 Å². The highest BCUT2D eigenvalue weighted by molar-refractivity contribution is 7.99. The van der Waals surface area contributed by atoms with Gasteiger partial charge in [-0.05, 0) is 20.1 Å². The van der Waals surface area contributed by atoms with Crippen molar-refractivity contribution in [1.29, 1.82) is 0 Å². The van der Waals surface area contributed by atoms with Crippen LogP contribution in [0.15, 0.2) is 4.21 Å². The van der Waals surface area contributed by atoms with E-state index in [4.69, 9.17) is 16.7 Å². The molecule has 0 bridgehead atoms. The summed E-state index contributed by atoms with van der Waals surface area (Å²) in [7, 11) is -3.64. The number of aliphatic hydroxyl groups excluding tert-OH is 1. The summed E-state index contributed by atoms with van der Waals surface area (Å²) in [4.78, 5) is 3.88. The van der Waals surface area contributed by atoms with E-state index in [0.29, 0.717) is 5.69 Å². The third kappa shape index (κ3) is 3.82. The van der Waals surface area contributed by atoms with Gasteiger partial charge in [0.2, 0.25) is 0 Å². The predicted octanol–water partition coefficient (Wildman–Crippen LogP) is 1.50. The fourth-order valence-electron chi connectivity index (χ4n) is 1.41. The van der Waals surface area contributed by atoms with Gasteiger partial charge < -0.3 is 5.11 Å². The van der Waals surface area contributed by atoms with Gasteiger partial charge in [0.25, 0.3) is 10.0 Å². The number of nitrogens with one attached hydrogen (secondary N) is 1. The summed E-state index contributed by atoms with van der Waals surface area (Å²) in [5.41, 5.74) is 0.384. The van der Waals surface area contributed by atoms with E-state index in [1.54, 1.807) is 13.8 Å². The van der Waals surface area contributed by atoms with Gasteiger partial charge >= 0.3 is 0 Å². The van der Waals surface area contributed by atoms with Crippen molar-refractivity contribution in [2.75, 3.05) is 12.9 Å². The molecule has 104 valence electrons. The molecule has 0 radical (unpaired) electrons. The molecule has 1 rings (SSSR count). The Hall–Kier alpha value is 0.140. The molecule has 0 saturated carbocycles. The number of rotatable bonds is 6. The number of hydrogen-bond donors (Lipinski definition) is 2. The minimum atomic E-state index is -3.64. The molecule has 0 fully saturated rings.